The van der Waals surface area contributed by atoms with Gasteiger partial charge in [0.05, 0.1) is 18.4 Å². The second-order valence-corrected chi connectivity index (χ2v) is 6.52. The number of carboxylic acids is 1. The lowest BCUT2D eigenvalue weighted by atomic mass is 9.93. The molecule has 6 heteroatoms. The van der Waals surface area contributed by atoms with E-state index < -0.39 is 5.97 Å². The number of nitrogens with one attached hydrogen (secondary N) is 1. The second kappa shape index (κ2) is 8.74. The van der Waals surface area contributed by atoms with Gasteiger partial charge in [0.25, 0.3) is 0 Å². The van der Waals surface area contributed by atoms with Crippen LogP contribution >= 0.6 is 0 Å². The maximum Gasteiger partial charge on any atom is 0.341 e. The van der Waals surface area contributed by atoms with Crippen LogP contribution in [-0.2, 0) is 22.6 Å². The van der Waals surface area contributed by atoms with Crippen molar-refractivity contribution in [1.29, 1.82) is 0 Å². The van der Waals surface area contributed by atoms with Crippen LogP contribution in [0.4, 0.5) is 5.69 Å². The van der Waals surface area contributed by atoms with Crippen LogP contribution in [-0.4, -0.2) is 30.7 Å². The van der Waals surface area contributed by atoms with Gasteiger partial charge >= 0.3 is 11.9 Å². The summed E-state index contributed by atoms with van der Waals surface area (Å²) in [5.41, 5.74) is 5.07. The zero-order valence-electron chi connectivity index (χ0n) is 15.9. The Hall–Kier alpha value is -2.50. The zero-order valence-corrected chi connectivity index (χ0v) is 15.9. The minimum atomic E-state index is -0.809. The number of carbonyl (C=O) groups is 2. The number of esters is 1. The van der Waals surface area contributed by atoms with Crippen LogP contribution in [0.15, 0.2) is 11.6 Å². The summed E-state index contributed by atoms with van der Waals surface area (Å²) in [6.07, 6.45) is 4.09. The Morgan fingerprint density at radius 1 is 1.38 bits per heavy atom. The smallest absolute Gasteiger partial charge is 0.341 e. The largest absolute Gasteiger partial charge is 0.496 e. The molecule has 1 aromatic rings. The molecule has 0 bridgehead atoms. The number of hydrogen-bond acceptors (Lipinski definition) is 5. The van der Waals surface area contributed by atoms with Crippen LogP contribution in [0, 0.1) is 6.92 Å². The molecule has 1 aliphatic heterocycles. The molecule has 26 heavy (non-hydrogen) atoms. The fraction of sp³-hybridized carbons (Fsp3) is 0.500. The SMILES string of the molecule is CCCNc1c(C/C=C(\C)CCC(=O)O)c(OC)c(C)c2c1C(=O)OC2. The van der Waals surface area contributed by atoms with Gasteiger partial charge in [0.2, 0.25) is 0 Å². The number of fused-ring (bicyclic) bond motifs is 1. The molecule has 0 saturated heterocycles. The Balaban J connectivity index is 2.46. The van der Waals surface area contributed by atoms with Gasteiger partial charge in [-0.15, -0.1) is 0 Å². The van der Waals surface area contributed by atoms with Crippen molar-refractivity contribution >= 4 is 17.6 Å². The molecule has 0 amide bonds. The topological polar surface area (TPSA) is 84.9 Å². The fourth-order valence-electron chi connectivity index (χ4n) is 3.18. The van der Waals surface area contributed by atoms with Crippen molar-refractivity contribution in [2.24, 2.45) is 0 Å². The summed E-state index contributed by atoms with van der Waals surface area (Å²) in [6.45, 7) is 6.93. The van der Waals surface area contributed by atoms with E-state index in [2.05, 4.69) is 12.2 Å². The number of hydrogen-bond donors (Lipinski definition) is 2. The van der Waals surface area contributed by atoms with Gasteiger partial charge in [-0.3, -0.25) is 4.79 Å². The molecule has 0 radical (unpaired) electrons. The minimum absolute atomic E-state index is 0.107. The number of cyclic esters (lactones) is 1. The molecule has 2 N–H and O–H groups in total. The van der Waals surface area contributed by atoms with Gasteiger partial charge < -0.3 is 19.9 Å². The molecule has 0 spiro atoms. The summed E-state index contributed by atoms with van der Waals surface area (Å²) < 4.78 is 10.9. The third-order valence-corrected chi connectivity index (χ3v) is 4.62. The van der Waals surface area contributed by atoms with E-state index in [9.17, 15) is 9.59 Å². The quantitative estimate of drug-likeness (QED) is 0.513. The van der Waals surface area contributed by atoms with Crippen LogP contribution in [0.1, 0.15) is 60.2 Å². The molecule has 0 unspecified atom stereocenters. The van der Waals surface area contributed by atoms with Crippen LogP contribution in [0.2, 0.25) is 0 Å². The molecule has 6 nitrogen and oxygen atoms in total. The van der Waals surface area contributed by atoms with Crippen molar-refractivity contribution in [1.82, 2.24) is 0 Å². The molecule has 142 valence electrons. The Bertz CT molecular complexity index is 736. The van der Waals surface area contributed by atoms with E-state index >= 15 is 0 Å². The van der Waals surface area contributed by atoms with Crippen molar-refractivity contribution < 1.29 is 24.2 Å². The molecule has 0 aromatic heterocycles. The molecular formula is C20H27NO5. The molecule has 0 aliphatic carbocycles. The average molecular weight is 361 g/mol. The lowest BCUT2D eigenvalue weighted by Crippen LogP contribution is -2.12. The summed E-state index contributed by atoms with van der Waals surface area (Å²) in [4.78, 5) is 23.0. The van der Waals surface area contributed by atoms with Crippen molar-refractivity contribution in [3.05, 3.63) is 33.9 Å². The van der Waals surface area contributed by atoms with Crippen LogP contribution in [0.5, 0.6) is 5.75 Å². The third kappa shape index (κ3) is 4.18. The van der Waals surface area contributed by atoms with Crippen LogP contribution in [0.25, 0.3) is 0 Å². The molecule has 0 atom stereocenters. The van der Waals surface area contributed by atoms with Gasteiger partial charge in [-0.2, -0.15) is 0 Å². The Kier molecular flexibility index (Phi) is 6.66. The molecule has 0 saturated carbocycles. The van der Waals surface area contributed by atoms with E-state index in [1.165, 1.54) is 0 Å². The Labute approximate surface area is 154 Å². The van der Waals surface area contributed by atoms with Gasteiger partial charge in [-0.25, -0.2) is 4.79 Å². The summed E-state index contributed by atoms with van der Waals surface area (Å²) in [5.74, 6) is -0.364. The van der Waals surface area contributed by atoms with E-state index in [0.29, 0.717) is 18.4 Å². The second-order valence-electron chi connectivity index (χ2n) is 6.52. The number of carboxylic acid groups (broad SMARTS) is 1. The van der Waals surface area contributed by atoms with Gasteiger partial charge in [-0.05, 0) is 38.7 Å². The first-order valence-electron chi connectivity index (χ1n) is 8.91. The molecule has 1 aromatic carbocycles. The summed E-state index contributed by atoms with van der Waals surface area (Å²) in [5, 5.41) is 12.2. The number of anilines is 1. The average Bonchev–Trinajstić information content (AvgIpc) is 2.99. The number of allylic oxidation sites excluding steroid dienone is 2. The van der Waals surface area contributed by atoms with Crippen LogP contribution in [0.3, 0.4) is 0 Å². The number of methoxy groups -OCH3 is 1. The van der Waals surface area contributed by atoms with E-state index in [0.717, 1.165) is 46.7 Å². The predicted molar refractivity (Wildman–Crippen MR) is 100.0 cm³/mol. The number of aliphatic carboxylic acids is 1. The first-order chi connectivity index (χ1) is 12.4. The molecule has 0 fully saturated rings. The highest BCUT2D eigenvalue weighted by atomic mass is 16.5. The van der Waals surface area contributed by atoms with Crippen molar-refractivity contribution in [3.8, 4) is 5.75 Å². The van der Waals surface area contributed by atoms with E-state index in [1.54, 1.807) is 7.11 Å². The number of rotatable bonds is 9. The maximum absolute atomic E-state index is 12.3. The maximum atomic E-state index is 12.3. The summed E-state index contributed by atoms with van der Waals surface area (Å²) in [6, 6.07) is 0. The lowest BCUT2D eigenvalue weighted by Gasteiger charge is -2.20. The van der Waals surface area contributed by atoms with Gasteiger partial charge in [0, 0.05) is 24.1 Å². The van der Waals surface area contributed by atoms with Gasteiger partial charge in [0.1, 0.15) is 12.4 Å². The Morgan fingerprint density at radius 3 is 2.73 bits per heavy atom. The Morgan fingerprint density at radius 2 is 2.12 bits per heavy atom. The zero-order chi connectivity index (χ0) is 19.3. The molecule has 2 rings (SSSR count). The number of benzene rings is 1. The van der Waals surface area contributed by atoms with E-state index in [4.69, 9.17) is 14.6 Å². The number of ether oxygens (including phenoxy) is 2. The van der Waals surface area contributed by atoms with Crippen LogP contribution < -0.4 is 10.1 Å². The first kappa shape index (κ1) is 19.8. The summed E-state index contributed by atoms with van der Waals surface area (Å²) in [7, 11) is 1.63. The van der Waals surface area contributed by atoms with Crippen molar-refractivity contribution in [2.45, 2.75) is 53.1 Å². The van der Waals surface area contributed by atoms with E-state index in [1.807, 2.05) is 19.9 Å². The van der Waals surface area contributed by atoms with Crippen molar-refractivity contribution in [3.63, 3.8) is 0 Å². The van der Waals surface area contributed by atoms with Crippen molar-refractivity contribution in [2.75, 3.05) is 19.0 Å². The fourth-order valence-corrected chi connectivity index (χ4v) is 3.18. The molecular weight excluding hydrogens is 334 g/mol. The highest BCUT2D eigenvalue weighted by Gasteiger charge is 2.31. The van der Waals surface area contributed by atoms with Gasteiger partial charge in [-0.1, -0.05) is 18.6 Å². The van der Waals surface area contributed by atoms with Gasteiger partial charge in [0.15, 0.2) is 0 Å². The predicted octanol–water partition coefficient (Wildman–Crippen LogP) is 3.85. The highest BCUT2D eigenvalue weighted by molar-refractivity contribution is 6.01. The third-order valence-electron chi connectivity index (χ3n) is 4.62. The normalized spacial score (nSPS) is 13.4. The summed E-state index contributed by atoms with van der Waals surface area (Å²) >= 11 is 0. The molecule has 1 heterocycles. The molecule has 1 aliphatic rings. The number of carbonyl (C=O) groups excluding carboxylic acids is 1. The lowest BCUT2D eigenvalue weighted by molar-refractivity contribution is -0.136. The first-order valence-corrected chi connectivity index (χ1v) is 8.91. The standard InChI is InChI=1S/C20H27NO5/c1-5-10-21-18-14(8-6-12(2)7-9-16(22)23)19(25-4)13(3)15-11-26-20(24)17(15)18/h6,21H,5,7-11H2,1-4H3,(H,22,23)/b12-6+. The minimum Gasteiger partial charge on any atom is -0.496 e. The van der Waals surface area contributed by atoms with E-state index in [-0.39, 0.29) is 19.0 Å². The highest BCUT2D eigenvalue weighted by Crippen LogP contribution is 2.41. The monoisotopic (exact) mass is 361 g/mol.